The first-order chi connectivity index (χ1) is 14.4. The third kappa shape index (κ3) is 4.20. The van der Waals surface area contributed by atoms with E-state index >= 15 is 0 Å². The highest BCUT2D eigenvalue weighted by molar-refractivity contribution is 6.31. The maximum Gasteiger partial charge on any atom is 0.295 e. The average molecular weight is 441 g/mol. The molecule has 4 rings (SSSR count). The molecule has 1 N–H and O–H groups in total. The van der Waals surface area contributed by atoms with Gasteiger partial charge in [-0.05, 0) is 67.1 Å². The van der Waals surface area contributed by atoms with Crippen LogP contribution in [0.3, 0.4) is 0 Å². The Kier molecular flexibility index (Phi) is 5.53. The SMILES string of the molecule is Cc1ccc(Cl)cc1-n1nc(C(=O)Nc2cccc(F)c2)nc1-c1ccc(Cl)cc1. The van der Waals surface area contributed by atoms with Gasteiger partial charge in [-0.2, -0.15) is 0 Å². The lowest BCUT2D eigenvalue weighted by Gasteiger charge is -2.09. The van der Waals surface area contributed by atoms with Crippen LogP contribution in [0.1, 0.15) is 16.2 Å². The van der Waals surface area contributed by atoms with Gasteiger partial charge in [-0.25, -0.2) is 14.1 Å². The summed E-state index contributed by atoms with van der Waals surface area (Å²) in [7, 11) is 0. The third-order valence-corrected chi connectivity index (χ3v) is 4.88. The minimum Gasteiger partial charge on any atom is -0.319 e. The number of hydrogen-bond acceptors (Lipinski definition) is 3. The molecule has 0 saturated carbocycles. The number of aryl methyl sites for hydroxylation is 1. The molecule has 0 atom stereocenters. The van der Waals surface area contributed by atoms with Gasteiger partial charge in [0.25, 0.3) is 5.91 Å². The van der Waals surface area contributed by atoms with E-state index in [4.69, 9.17) is 23.2 Å². The summed E-state index contributed by atoms with van der Waals surface area (Å²) in [6.07, 6.45) is 0. The van der Waals surface area contributed by atoms with Gasteiger partial charge < -0.3 is 5.32 Å². The summed E-state index contributed by atoms with van der Waals surface area (Å²) in [4.78, 5) is 17.2. The Morgan fingerprint density at radius 2 is 1.73 bits per heavy atom. The maximum absolute atomic E-state index is 13.4. The van der Waals surface area contributed by atoms with Gasteiger partial charge in [0.05, 0.1) is 5.69 Å². The molecule has 0 aliphatic carbocycles. The number of halogens is 3. The molecule has 150 valence electrons. The molecular formula is C22H15Cl2FN4O. The molecule has 0 aliphatic rings. The minimum atomic E-state index is -0.561. The predicted octanol–water partition coefficient (Wildman–Crippen LogP) is 5.94. The van der Waals surface area contributed by atoms with E-state index in [2.05, 4.69) is 15.4 Å². The van der Waals surface area contributed by atoms with Crippen molar-refractivity contribution in [1.29, 1.82) is 0 Å². The van der Waals surface area contributed by atoms with Gasteiger partial charge in [-0.3, -0.25) is 4.79 Å². The number of hydrogen-bond donors (Lipinski definition) is 1. The van der Waals surface area contributed by atoms with Crippen LogP contribution in [0.15, 0.2) is 66.7 Å². The summed E-state index contributed by atoms with van der Waals surface area (Å²) < 4.78 is 15.0. The number of benzene rings is 3. The Morgan fingerprint density at radius 3 is 2.47 bits per heavy atom. The summed E-state index contributed by atoms with van der Waals surface area (Å²) in [6.45, 7) is 1.91. The van der Waals surface area contributed by atoms with Crippen molar-refractivity contribution in [1.82, 2.24) is 14.8 Å². The van der Waals surface area contributed by atoms with E-state index < -0.39 is 11.7 Å². The average Bonchev–Trinajstić information content (AvgIpc) is 3.16. The van der Waals surface area contributed by atoms with Crippen molar-refractivity contribution in [3.63, 3.8) is 0 Å². The van der Waals surface area contributed by atoms with E-state index in [1.54, 1.807) is 47.1 Å². The number of nitrogens with zero attached hydrogens (tertiary/aromatic N) is 3. The van der Waals surface area contributed by atoms with Gasteiger partial charge in [-0.15, -0.1) is 5.10 Å². The van der Waals surface area contributed by atoms with Crippen LogP contribution in [0, 0.1) is 12.7 Å². The number of nitrogens with one attached hydrogen (secondary N) is 1. The van der Waals surface area contributed by atoms with Crippen LogP contribution in [-0.4, -0.2) is 20.7 Å². The molecule has 1 amide bonds. The summed E-state index contributed by atoms with van der Waals surface area (Å²) in [5.74, 6) is -0.637. The van der Waals surface area contributed by atoms with Gasteiger partial charge in [0.15, 0.2) is 5.82 Å². The lowest BCUT2D eigenvalue weighted by atomic mass is 10.2. The van der Waals surface area contributed by atoms with Gasteiger partial charge in [-0.1, -0.05) is 35.3 Å². The van der Waals surface area contributed by atoms with E-state index in [1.165, 1.54) is 18.2 Å². The number of amides is 1. The molecule has 0 bridgehead atoms. The molecule has 0 spiro atoms. The highest BCUT2D eigenvalue weighted by atomic mass is 35.5. The Morgan fingerprint density at radius 1 is 1.00 bits per heavy atom. The largest absolute Gasteiger partial charge is 0.319 e. The zero-order chi connectivity index (χ0) is 21.3. The van der Waals surface area contributed by atoms with E-state index in [-0.39, 0.29) is 5.82 Å². The van der Waals surface area contributed by atoms with Gasteiger partial charge in [0.2, 0.25) is 5.82 Å². The monoisotopic (exact) mass is 440 g/mol. The summed E-state index contributed by atoms with van der Waals surface area (Å²) in [5.41, 5.74) is 2.61. The molecule has 0 fully saturated rings. The number of carbonyl (C=O) groups is 1. The van der Waals surface area contributed by atoms with Crippen LogP contribution in [0.5, 0.6) is 0 Å². The van der Waals surface area contributed by atoms with Crippen molar-refractivity contribution >= 4 is 34.8 Å². The van der Waals surface area contributed by atoms with Crippen molar-refractivity contribution < 1.29 is 9.18 Å². The lowest BCUT2D eigenvalue weighted by molar-refractivity contribution is 0.101. The topological polar surface area (TPSA) is 59.8 Å². The van der Waals surface area contributed by atoms with Crippen LogP contribution in [-0.2, 0) is 0 Å². The molecule has 0 unspecified atom stereocenters. The minimum absolute atomic E-state index is 0.0661. The van der Waals surface area contributed by atoms with Crippen molar-refractivity contribution in [2.75, 3.05) is 5.32 Å². The molecule has 5 nitrogen and oxygen atoms in total. The molecule has 1 aromatic heterocycles. The second kappa shape index (κ2) is 8.26. The zero-order valence-corrected chi connectivity index (χ0v) is 17.2. The molecule has 30 heavy (non-hydrogen) atoms. The van der Waals surface area contributed by atoms with Crippen molar-refractivity contribution in [2.45, 2.75) is 6.92 Å². The summed E-state index contributed by atoms with van der Waals surface area (Å²) in [6, 6.07) is 18.0. The molecule has 0 radical (unpaired) electrons. The van der Waals surface area contributed by atoms with Crippen LogP contribution in [0.2, 0.25) is 10.0 Å². The fourth-order valence-electron chi connectivity index (χ4n) is 2.93. The lowest BCUT2D eigenvalue weighted by Crippen LogP contribution is -2.14. The van der Waals surface area contributed by atoms with Crippen molar-refractivity contribution in [3.05, 3.63) is 94.0 Å². The second-order valence-electron chi connectivity index (χ2n) is 6.57. The van der Waals surface area contributed by atoms with Crippen LogP contribution < -0.4 is 5.32 Å². The first kappa shape index (κ1) is 20.1. The van der Waals surface area contributed by atoms with Crippen molar-refractivity contribution in [3.8, 4) is 17.1 Å². The van der Waals surface area contributed by atoms with E-state index in [9.17, 15) is 9.18 Å². The smallest absolute Gasteiger partial charge is 0.295 e. The quantitative estimate of drug-likeness (QED) is 0.426. The summed E-state index contributed by atoms with van der Waals surface area (Å²) >= 11 is 12.2. The first-order valence-corrected chi connectivity index (χ1v) is 9.73. The Labute approximate surface area is 182 Å². The molecule has 8 heteroatoms. The summed E-state index contributed by atoms with van der Waals surface area (Å²) in [5, 5.41) is 8.12. The Balaban J connectivity index is 1.80. The van der Waals surface area contributed by atoms with Crippen LogP contribution in [0.4, 0.5) is 10.1 Å². The highest BCUT2D eigenvalue weighted by Gasteiger charge is 2.20. The van der Waals surface area contributed by atoms with Gasteiger partial charge >= 0.3 is 0 Å². The molecule has 3 aromatic carbocycles. The third-order valence-electron chi connectivity index (χ3n) is 4.39. The fourth-order valence-corrected chi connectivity index (χ4v) is 3.22. The molecular weight excluding hydrogens is 426 g/mol. The van der Waals surface area contributed by atoms with E-state index in [0.717, 1.165) is 11.1 Å². The fraction of sp³-hybridized carbons (Fsp3) is 0.0455. The maximum atomic E-state index is 13.4. The number of aromatic nitrogens is 3. The standard InChI is InChI=1S/C22H15Cl2FN4O/c1-13-5-8-16(24)11-19(13)29-21(14-6-9-15(23)10-7-14)27-20(28-29)22(30)26-18-4-2-3-17(25)12-18/h2-12H,1H3,(H,26,30). The molecule has 0 aliphatic heterocycles. The van der Waals surface area contributed by atoms with Gasteiger partial charge in [0, 0.05) is 21.3 Å². The first-order valence-electron chi connectivity index (χ1n) is 8.97. The number of rotatable bonds is 4. The normalized spacial score (nSPS) is 10.8. The molecule has 0 saturated heterocycles. The van der Waals surface area contributed by atoms with E-state index in [1.807, 2.05) is 13.0 Å². The molecule has 4 aromatic rings. The van der Waals surface area contributed by atoms with Crippen molar-refractivity contribution in [2.24, 2.45) is 0 Å². The molecule has 1 heterocycles. The number of carbonyl (C=O) groups excluding carboxylic acids is 1. The van der Waals surface area contributed by atoms with E-state index in [0.29, 0.717) is 27.2 Å². The van der Waals surface area contributed by atoms with Crippen LogP contribution in [0.25, 0.3) is 17.1 Å². The highest BCUT2D eigenvalue weighted by Crippen LogP contribution is 2.26. The number of anilines is 1. The predicted molar refractivity (Wildman–Crippen MR) is 116 cm³/mol. The Bertz CT molecular complexity index is 1240. The second-order valence-corrected chi connectivity index (χ2v) is 7.45. The van der Waals surface area contributed by atoms with Crippen LogP contribution >= 0.6 is 23.2 Å². The Hall–Kier alpha value is -3.22. The van der Waals surface area contributed by atoms with Gasteiger partial charge in [0.1, 0.15) is 5.82 Å². The zero-order valence-electron chi connectivity index (χ0n) is 15.7.